The summed E-state index contributed by atoms with van der Waals surface area (Å²) in [7, 11) is -0.319. The minimum Gasteiger partial charge on any atom is -0.401 e. The van der Waals surface area contributed by atoms with Gasteiger partial charge in [-0.05, 0) is 45.8 Å². The van der Waals surface area contributed by atoms with Crippen LogP contribution in [0.15, 0.2) is 115 Å². The van der Waals surface area contributed by atoms with E-state index in [1.54, 1.807) is 0 Å². The molecule has 0 amide bonds. The minimum absolute atomic E-state index is 0.155. The zero-order valence-electron chi connectivity index (χ0n) is 19.5. The summed E-state index contributed by atoms with van der Waals surface area (Å²) in [5.74, 6) is 0.453. The fraction of sp³-hybridized carbons (Fsp3) is 0.161. The Hall–Kier alpha value is -3.40. The Balaban J connectivity index is 1.54. The fourth-order valence-electron chi connectivity index (χ4n) is 5.18. The predicted octanol–water partition coefficient (Wildman–Crippen LogP) is 6.21. The van der Waals surface area contributed by atoms with Gasteiger partial charge in [0.2, 0.25) is 0 Å². The third kappa shape index (κ3) is 3.62. The zero-order valence-corrected chi connectivity index (χ0v) is 19.5. The highest BCUT2D eigenvalue weighted by molar-refractivity contribution is 6.62. The molecule has 6 rings (SSSR count). The smallest absolute Gasteiger partial charge is 0.401 e. The number of benzene rings is 4. The zero-order chi connectivity index (χ0) is 23.1. The van der Waals surface area contributed by atoms with E-state index in [0.29, 0.717) is 5.92 Å². The van der Waals surface area contributed by atoms with Crippen LogP contribution in [-0.4, -0.2) is 18.8 Å². The third-order valence-corrected chi connectivity index (χ3v) is 7.33. The topological polar surface area (TPSA) is 18.5 Å². The second-order valence-electron chi connectivity index (χ2n) is 9.45. The standard InChI is InChI=1S/C31H27BO2/c1-22-30-31(22,2)34-32(33-30)27-20-12-19-26(21-27)29(25-17-10-5-11-18-25)28(23-13-6-3-7-14-23)24-15-8-4-9-16-24/h3-22,30H,1-2H3. The minimum atomic E-state index is -0.319. The van der Waals surface area contributed by atoms with E-state index in [4.69, 9.17) is 9.31 Å². The average Bonchev–Trinajstić information content (AvgIpc) is 3.21. The molecule has 1 saturated carbocycles. The summed E-state index contributed by atoms with van der Waals surface area (Å²) in [6.07, 6.45) is 0.189. The SMILES string of the molecule is CC1C2OB(c3cccc(C(=C(c4ccccc4)c4ccccc4)c4ccccc4)c3)OC12C. The van der Waals surface area contributed by atoms with Gasteiger partial charge in [-0.15, -0.1) is 0 Å². The van der Waals surface area contributed by atoms with Crippen LogP contribution in [0, 0.1) is 5.92 Å². The molecule has 0 bridgehead atoms. The van der Waals surface area contributed by atoms with Crippen molar-refractivity contribution in [3.63, 3.8) is 0 Å². The molecule has 0 N–H and O–H groups in total. The van der Waals surface area contributed by atoms with Crippen molar-refractivity contribution < 1.29 is 9.31 Å². The van der Waals surface area contributed by atoms with Gasteiger partial charge in [-0.3, -0.25) is 0 Å². The molecule has 0 aromatic heterocycles. The molecule has 4 aromatic carbocycles. The van der Waals surface area contributed by atoms with E-state index in [-0.39, 0.29) is 18.8 Å². The Morgan fingerprint density at radius 3 is 1.59 bits per heavy atom. The Labute approximate surface area is 202 Å². The molecule has 0 spiro atoms. The number of rotatable bonds is 5. The Kier molecular flexibility index (Phi) is 5.25. The lowest BCUT2D eigenvalue weighted by Crippen LogP contribution is -2.36. The van der Waals surface area contributed by atoms with Crippen LogP contribution < -0.4 is 5.46 Å². The lowest BCUT2D eigenvalue weighted by atomic mass is 9.76. The summed E-state index contributed by atoms with van der Waals surface area (Å²) in [6, 6.07) is 40.6. The quantitative estimate of drug-likeness (QED) is 0.270. The van der Waals surface area contributed by atoms with Crippen LogP contribution >= 0.6 is 0 Å². The van der Waals surface area contributed by atoms with Crippen molar-refractivity contribution in [3.05, 3.63) is 138 Å². The monoisotopic (exact) mass is 442 g/mol. The van der Waals surface area contributed by atoms with Crippen molar-refractivity contribution in [2.24, 2.45) is 5.92 Å². The summed E-state index contributed by atoms with van der Waals surface area (Å²) in [4.78, 5) is 0. The predicted molar refractivity (Wildman–Crippen MR) is 140 cm³/mol. The molecule has 2 aliphatic rings. The van der Waals surface area contributed by atoms with E-state index < -0.39 is 0 Å². The van der Waals surface area contributed by atoms with Crippen molar-refractivity contribution in [3.8, 4) is 0 Å². The van der Waals surface area contributed by atoms with Crippen molar-refractivity contribution in [1.82, 2.24) is 0 Å². The van der Waals surface area contributed by atoms with Crippen LogP contribution in [0.5, 0.6) is 0 Å². The molecule has 4 aromatic rings. The molecule has 1 aliphatic heterocycles. The number of hydrogen-bond acceptors (Lipinski definition) is 2. The molecular formula is C31H27BO2. The highest BCUT2D eigenvalue weighted by Crippen LogP contribution is 2.53. The van der Waals surface area contributed by atoms with Gasteiger partial charge in [-0.25, -0.2) is 0 Å². The van der Waals surface area contributed by atoms with Crippen LogP contribution in [-0.2, 0) is 9.31 Å². The Morgan fingerprint density at radius 2 is 1.12 bits per heavy atom. The lowest BCUT2D eigenvalue weighted by Gasteiger charge is -2.19. The van der Waals surface area contributed by atoms with Gasteiger partial charge in [0, 0.05) is 5.92 Å². The molecule has 34 heavy (non-hydrogen) atoms. The van der Waals surface area contributed by atoms with Crippen LogP contribution in [0.1, 0.15) is 36.1 Å². The first kappa shape index (κ1) is 21.2. The van der Waals surface area contributed by atoms with Gasteiger partial charge in [0.05, 0.1) is 11.7 Å². The summed E-state index contributed by atoms with van der Waals surface area (Å²) < 4.78 is 12.6. The first-order valence-corrected chi connectivity index (χ1v) is 12.0. The second kappa shape index (κ2) is 8.43. The molecular weight excluding hydrogens is 415 g/mol. The summed E-state index contributed by atoms with van der Waals surface area (Å²) in [5, 5.41) is 0. The maximum atomic E-state index is 6.35. The van der Waals surface area contributed by atoms with E-state index in [9.17, 15) is 0 Å². The first-order valence-electron chi connectivity index (χ1n) is 12.0. The molecule has 3 atom stereocenters. The van der Waals surface area contributed by atoms with Crippen LogP contribution in [0.3, 0.4) is 0 Å². The summed E-state index contributed by atoms with van der Waals surface area (Å²) in [5.41, 5.74) is 8.02. The summed E-state index contributed by atoms with van der Waals surface area (Å²) >= 11 is 0. The van der Waals surface area contributed by atoms with Crippen molar-refractivity contribution >= 4 is 23.7 Å². The van der Waals surface area contributed by atoms with E-state index in [2.05, 4.69) is 129 Å². The number of fused-ring (bicyclic) bond motifs is 1. The van der Waals surface area contributed by atoms with E-state index in [1.807, 2.05) is 0 Å². The van der Waals surface area contributed by atoms with Crippen LogP contribution in [0.25, 0.3) is 11.1 Å². The molecule has 3 heteroatoms. The molecule has 1 aliphatic carbocycles. The van der Waals surface area contributed by atoms with Gasteiger partial charge in [0.15, 0.2) is 0 Å². The normalized spacial score (nSPS) is 22.8. The van der Waals surface area contributed by atoms with Gasteiger partial charge in [-0.2, -0.15) is 0 Å². The van der Waals surface area contributed by atoms with Gasteiger partial charge >= 0.3 is 7.12 Å². The van der Waals surface area contributed by atoms with Crippen molar-refractivity contribution in [2.75, 3.05) is 0 Å². The Bertz CT molecular complexity index is 1290. The highest BCUT2D eigenvalue weighted by Gasteiger charge is 2.68. The lowest BCUT2D eigenvalue weighted by molar-refractivity contribution is 0.197. The molecule has 166 valence electrons. The van der Waals surface area contributed by atoms with E-state index >= 15 is 0 Å². The molecule has 1 heterocycles. The van der Waals surface area contributed by atoms with Gasteiger partial charge in [0.1, 0.15) is 0 Å². The van der Waals surface area contributed by atoms with Crippen LogP contribution in [0.4, 0.5) is 0 Å². The maximum absolute atomic E-state index is 6.35. The maximum Gasteiger partial charge on any atom is 0.494 e. The average molecular weight is 442 g/mol. The van der Waals surface area contributed by atoms with Crippen molar-refractivity contribution in [1.29, 1.82) is 0 Å². The van der Waals surface area contributed by atoms with Crippen LogP contribution in [0.2, 0.25) is 0 Å². The highest BCUT2D eigenvalue weighted by atomic mass is 16.7. The summed E-state index contributed by atoms with van der Waals surface area (Å²) in [6.45, 7) is 4.35. The number of hydrogen-bond donors (Lipinski definition) is 0. The van der Waals surface area contributed by atoms with E-state index in [1.165, 1.54) is 27.8 Å². The first-order chi connectivity index (χ1) is 16.6. The van der Waals surface area contributed by atoms with E-state index in [0.717, 1.165) is 11.0 Å². The fourth-order valence-corrected chi connectivity index (χ4v) is 5.18. The third-order valence-electron chi connectivity index (χ3n) is 7.33. The largest absolute Gasteiger partial charge is 0.494 e. The second-order valence-corrected chi connectivity index (χ2v) is 9.45. The van der Waals surface area contributed by atoms with Crippen molar-refractivity contribution in [2.45, 2.75) is 25.6 Å². The molecule has 2 fully saturated rings. The van der Waals surface area contributed by atoms with Gasteiger partial charge in [0.25, 0.3) is 0 Å². The van der Waals surface area contributed by atoms with Gasteiger partial charge in [-0.1, -0.05) is 122 Å². The molecule has 0 radical (unpaired) electrons. The molecule has 2 nitrogen and oxygen atoms in total. The Morgan fingerprint density at radius 1 is 0.647 bits per heavy atom. The molecule has 3 unspecified atom stereocenters. The van der Waals surface area contributed by atoms with Gasteiger partial charge < -0.3 is 9.31 Å². The molecule has 1 saturated heterocycles.